The van der Waals surface area contributed by atoms with Gasteiger partial charge in [-0.05, 0) is 41.0 Å². The van der Waals surface area contributed by atoms with Gasteiger partial charge in [0.1, 0.15) is 0 Å². The number of hydrogen-bond acceptors (Lipinski definition) is 5. The van der Waals surface area contributed by atoms with Gasteiger partial charge in [0.2, 0.25) is 0 Å². The highest BCUT2D eigenvalue weighted by Gasteiger charge is 2.50. The summed E-state index contributed by atoms with van der Waals surface area (Å²) in [5.74, 6) is 0.0264. The summed E-state index contributed by atoms with van der Waals surface area (Å²) in [4.78, 5) is 6.87. The van der Waals surface area contributed by atoms with E-state index in [1.807, 2.05) is 36.5 Å². The van der Waals surface area contributed by atoms with Crippen molar-refractivity contribution in [1.82, 2.24) is 9.88 Å². The number of rotatable bonds is 3. The molecule has 1 saturated heterocycles. The van der Waals surface area contributed by atoms with Crippen LogP contribution in [0.3, 0.4) is 0 Å². The van der Waals surface area contributed by atoms with Crippen LogP contribution in [0, 0.1) is 0 Å². The Morgan fingerprint density at radius 1 is 1.15 bits per heavy atom. The van der Waals surface area contributed by atoms with Gasteiger partial charge in [0.05, 0.1) is 22.7 Å². The molecular weight excluding hydrogens is 348 g/mol. The fourth-order valence-electron chi connectivity index (χ4n) is 4.21. The van der Waals surface area contributed by atoms with Gasteiger partial charge in [0, 0.05) is 43.5 Å². The molecule has 0 spiro atoms. The van der Waals surface area contributed by atoms with Crippen molar-refractivity contribution in [2.75, 3.05) is 13.1 Å². The average molecular weight is 366 g/mol. The topological polar surface area (TPSA) is 63.4 Å². The van der Waals surface area contributed by atoms with Gasteiger partial charge in [-0.2, -0.15) is 0 Å². The molecule has 6 heteroatoms. The summed E-state index contributed by atoms with van der Waals surface area (Å²) in [5.41, 5.74) is 4.03. The highest BCUT2D eigenvalue weighted by atomic mass is 32.2. The van der Waals surface area contributed by atoms with Crippen molar-refractivity contribution in [2.45, 2.75) is 22.6 Å². The second-order valence-corrected chi connectivity index (χ2v) is 9.15. The molecule has 26 heavy (non-hydrogen) atoms. The highest BCUT2D eigenvalue weighted by molar-refractivity contribution is 7.92. The molecule has 0 saturated carbocycles. The molecule has 5 rings (SSSR count). The zero-order chi connectivity index (χ0) is 17.7. The standard InChI is InChI=1S/C20H18N2O3S/c23-26(24)19-4-3-15(16-5-7-25-13-16)8-17(19)18-11-22(12-20(18)26)10-14-2-1-6-21-9-14/h1-9,13,18,20H,10-12H2/t18-,20-/m0/s1. The van der Waals surface area contributed by atoms with Crippen molar-refractivity contribution in [3.05, 3.63) is 72.4 Å². The van der Waals surface area contributed by atoms with E-state index in [9.17, 15) is 8.42 Å². The lowest BCUT2D eigenvalue weighted by molar-refractivity contribution is 0.325. The minimum Gasteiger partial charge on any atom is -0.472 e. The van der Waals surface area contributed by atoms with E-state index in [1.165, 1.54) is 0 Å². The molecule has 5 nitrogen and oxygen atoms in total. The Morgan fingerprint density at radius 3 is 2.85 bits per heavy atom. The second kappa shape index (κ2) is 5.79. The number of furan rings is 1. The Kier molecular flexibility index (Phi) is 3.52. The van der Waals surface area contributed by atoms with Gasteiger partial charge >= 0.3 is 0 Å². The zero-order valence-electron chi connectivity index (χ0n) is 14.1. The number of hydrogen-bond donors (Lipinski definition) is 0. The van der Waals surface area contributed by atoms with Crippen LogP contribution in [0.2, 0.25) is 0 Å². The maximum absolute atomic E-state index is 13.0. The molecule has 3 aromatic rings. The highest BCUT2D eigenvalue weighted by Crippen LogP contribution is 2.46. The third-order valence-electron chi connectivity index (χ3n) is 5.44. The first-order valence-corrected chi connectivity index (χ1v) is 10.2. The van der Waals surface area contributed by atoms with Crippen molar-refractivity contribution in [3.63, 3.8) is 0 Å². The number of nitrogens with zero attached hydrogens (tertiary/aromatic N) is 2. The van der Waals surface area contributed by atoms with E-state index in [-0.39, 0.29) is 11.2 Å². The third-order valence-corrected chi connectivity index (χ3v) is 7.70. The average Bonchev–Trinajstić information content (AvgIpc) is 3.35. The van der Waals surface area contributed by atoms with Gasteiger partial charge in [-0.25, -0.2) is 8.42 Å². The first-order chi connectivity index (χ1) is 12.6. The Bertz CT molecular complexity index is 1050. The number of fused-ring (bicyclic) bond motifs is 3. The quantitative estimate of drug-likeness (QED) is 0.713. The molecule has 0 amide bonds. The lowest BCUT2D eigenvalue weighted by atomic mass is 9.95. The van der Waals surface area contributed by atoms with Crippen LogP contribution in [0.15, 0.2) is 70.6 Å². The van der Waals surface area contributed by atoms with Crippen molar-refractivity contribution >= 4 is 9.84 Å². The largest absolute Gasteiger partial charge is 0.472 e. The summed E-state index contributed by atoms with van der Waals surface area (Å²) < 4.78 is 31.2. The predicted octanol–water partition coefficient (Wildman–Crippen LogP) is 3.10. The van der Waals surface area contributed by atoms with Crippen LogP contribution in [0.1, 0.15) is 17.0 Å². The van der Waals surface area contributed by atoms with Gasteiger partial charge < -0.3 is 4.42 Å². The van der Waals surface area contributed by atoms with Crippen LogP contribution in [0.5, 0.6) is 0 Å². The number of benzene rings is 1. The Hall–Kier alpha value is -2.44. The summed E-state index contributed by atoms with van der Waals surface area (Å²) in [5, 5.41) is -0.353. The van der Waals surface area contributed by atoms with E-state index in [1.54, 1.807) is 24.8 Å². The summed E-state index contributed by atoms with van der Waals surface area (Å²) in [6.45, 7) is 2.05. The summed E-state index contributed by atoms with van der Waals surface area (Å²) in [7, 11) is -3.27. The molecule has 2 atom stereocenters. The van der Waals surface area contributed by atoms with E-state index in [0.29, 0.717) is 11.4 Å². The number of pyridine rings is 1. The van der Waals surface area contributed by atoms with E-state index >= 15 is 0 Å². The van der Waals surface area contributed by atoms with Gasteiger partial charge in [-0.15, -0.1) is 0 Å². The van der Waals surface area contributed by atoms with Crippen molar-refractivity contribution in [3.8, 4) is 11.1 Å². The van der Waals surface area contributed by atoms with Crippen LogP contribution in [-0.4, -0.2) is 36.6 Å². The molecule has 2 aliphatic rings. The summed E-state index contributed by atoms with van der Waals surface area (Å²) >= 11 is 0. The molecule has 132 valence electrons. The number of likely N-dealkylation sites (tertiary alicyclic amines) is 1. The molecular formula is C20H18N2O3S. The lowest BCUT2D eigenvalue weighted by Gasteiger charge is -2.17. The van der Waals surface area contributed by atoms with Crippen LogP contribution in [-0.2, 0) is 16.4 Å². The molecule has 0 bridgehead atoms. The van der Waals surface area contributed by atoms with E-state index in [2.05, 4.69) is 9.88 Å². The monoisotopic (exact) mass is 366 g/mol. The van der Waals surface area contributed by atoms with Crippen LogP contribution >= 0.6 is 0 Å². The van der Waals surface area contributed by atoms with E-state index < -0.39 is 9.84 Å². The first-order valence-electron chi connectivity index (χ1n) is 8.64. The molecule has 0 unspecified atom stereocenters. The minimum atomic E-state index is -3.27. The Morgan fingerprint density at radius 2 is 2.08 bits per heavy atom. The van der Waals surface area contributed by atoms with Gasteiger partial charge in [0.15, 0.2) is 9.84 Å². The molecule has 0 radical (unpaired) electrons. The van der Waals surface area contributed by atoms with E-state index in [4.69, 9.17) is 4.42 Å². The lowest BCUT2D eigenvalue weighted by Crippen LogP contribution is -2.25. The molecule has 2 aliphatic heterocycles. The van der Waals surface area contributed by atoms with E-state index in [0.717, 1.165) is 35.3 Å². The zero-order valence-corrected chi connectivity index (χ0v) is 14.9. The normalized spacial score (nSPS) is 23.7. The van der Waals surface area contributed by atoms with Gasteiger partial charge in [0.25, 0.3) is 0 Å². The van der Waals surface area contributed by atoms with Crippen molar-refractivity contribution in [1.29, 1.82) is 0 Å². The molecule has 1 fully saturated rings. The predicted molar refractivity (Wildman–Crippen MR) is 97.4 cm³/mol. The fourth-order valence-corrected chi connectivity index (χ4v) is 6.41. The molecule has 2 aromatic heterocycles. The Labute approximate surface area is 152 Å². The summed E-state index contributed by atoms with van der Waals surface area (Å²) in [6, 6.07) is 11.5. The third kappa shape index (κ3) is 2.40. The second-order valence-electron chi connectivity index (χ2n) is 7.01. The van der Waals surface area contributed by atoms with Crippen LogP contribution in [0.4, 0.5) is 0 Å². The smallest absolute Gasteiger partial charge is 0.183 e. The molecule has 0 aliphatic carbocycles. The van der Waals surface area contributed by atoms with Gasteiger partial charge in [-0.1, -0.05) is 12.1 Å². The minimum absolute atomic E-state index is 0.0264. The number of aromatic nitrogens is 1. The van der Waals surface area contributed by atoms with Crippen molar-refractivity contribution < 1.29 is 12.8 Å². The van der Waals surface area contributed by atoms with Crippen LogP contribution in [0.25, 0.3) is 11.1 Å². The fraction of sp³-hybridized carbons (Fsp3) is 0.250. The maximum atomic E-state index is 13.0. The number of sulfone groups is 1. The van der Waals surface area contributed by atoms with Crippen molar-refractivity contribution in [2.24, 2.45) is 0 Å². The van der Waals surface area contributed by atoms with Gasteiger partial charge in [-0.3, -0.25) is 9.88 Å². The molecule has 1 aromatic carbocycles. The molecule has 0 N–H and O–H groups in total. The molecule has 4 heterocycles. The summed E-state index contributed by atoms with van der Waals surface area (Å²) in [6.07, 6.45) is 6.91. The SMILES string of the molecule is O=S1(=O)c2ccc(-c3ccoc3)cc2[C@@H]2CN(Cc3cccnc3)C[C@@H]21. The Balaban J connectivity index is 1.49. The van der Waals surface area contributed by atoms with Crippen LogP contribution < -0.4 is 0 Å². The maximum Gasteiger partial charge on any atom is 0.183 e. The first kappa shape index (κ1) is 15.8.